The summed E-state index contributed by atoms with van der Waals surface area (Å²) in [5.41, 5.74) is 2.85. The maximum atomic E-state index is 12.2. The molecule has 0 saturated carbocycles. The Morgan fingerprint density at radius 3 is 2.57 bits per heavy atom. The molecule has 2 heterocycles. The Hall–Kier alpha value is -1.63. The van der Waals surface area contributed by atoms with Crippen LogP contribution in [0.5, 0.6) is 0 Å². The second-order valence-electron chi connectivity index (χ2n) is 5.03. The fourth-order valence-electron chi connectivity index (χ4n) is 2.00. The van der Waals surface area contributed by atoms with Gasteiger partial charge in [-0.2, -0.15) is 10.2 Å². The van der Waals surface area contributed by atoms with E-state index in [1.54, 1.807) is 4.68 Å². The number of hydrogen-bond donors (Lipinski definition) is 1. The lowest BCUT2D eigenvalue weighted by molar-refractivity contribution is -0.124. The fourth-order valence-corrected chi connectivity index (χ4v) is 2.29. The van der Waals surface area contributed by atoms with Gasteiger partial charge in [0.2, 0.25) is 5.91 Å². The zero-order valence-electron chi connectivity index (χ0n) is 12.7. The minimum Gasteiger partial charge on any atom is -0.350 e. The smallest absolute Gasteiger partial charge is 0.244 e. The zero-order chi connectivity index (χ0) is 15.6. The molecule has 0 saturated heterocycles. The molecule has 7 heteroatoms. The molecule has 1 atom stereocenters. The van der Waals surface area contributed by atoms with E-state index in [-0.39, 0.29) is 11.9 Å². The van der Waals surface area contributed by atoms with E-state index in [1.165, 1.54) is 0 Å². The highest BCUT2D eigenvalue weighted by Gasteiger charge is 2.17. The van der Waals surface area contributed by atoms with Crippen molar-refractivity contribution in [2.75, 3.05) is 0 Å². The van der Waals surface area contributed by atoms with E-state index in [2.05, 4.69) is 31.4 Å². The molecule has 0 radical (unpaired) electrons. The molecule has 2 aromatic rings. The highest BCUT2D eigenvalue weighted by Crippen LogP contribution is 2.16. The van der Waals surface area contributed by atoms with Gasteiger partial charge in [0.1, 0.15) is 6.04 Å². The SMILES string of the molecule is CCn1cc(CNC(=O)[C@H](C)n2cc(Br)c(C)n2)c(C)n1. The second-order valence-corrected chi connectivity index (χ2v) is 5.89. The van der Waals surface area contributed by atoms with Gasteiger partial charge >= 0.3 is 0 Å². The number of carbonyl (C=O) groups excluding carboxylic acids is 1. The van der Waals surface area contributed by atoms with Crippen LogP contribution in [-0.2, 0) is 17.9 Å². The van der Waals surface area contributed by atoms with E-state index in [0.717, 1.165) is 28.0 Å². The summed E-state index contributed by atoms with van der Waals surface area (Å²) in [6.45, 7) is 9.02. The zero-order valence-corrected chi connectivity index (χ0v) is 14.3. The Morgan fingerprint density at radius 2 is 2.05 bits per heavy atom. The fraction of sp³-hybridized carbons (Fsp3) is 0.500. The van der Waals surface area contributed by atoms with Gasteiger partial charge < -0.3 is 5.32 Å². The summed E-state index contributed by atoms with van der Waals surface area (Å²) in [6, 6.07) is -0.350. The number of carbonyl (C=O) groups is 1. The number of rotatable bonds is 5. The molecular formula is C14H20BrN5O. The summed E-state index contributed by atoms with van der Waals surface area (Å²) in [5.74, 6) is -0.0614. The Balaban J connectivity index is 1.99. The molecule has 2 rings (SSSR count). The van der Waals surface area contributed by atoms with Crippen molar-refractivity contribution in [1.82, 2.24) is 24.9 Å². The monoisotopic (exact) mass is 353 g/mol. The summed E-state index contributed by atoms with van der Waals surface area (Å²) < 4.78 is 4.44. The van der Waals surface area contributed by atoms with Gasteiger partial charge in [-0.15, -0.1) is 0 Å². The molecule has 0 aliphatic heterocycles. The first kappa shape index (κ1) is 15.8. The maximum Gasteiger partial charge on any atom is 0.244 e. The van der Waals surface area contributed by atoms with E-state index in [4.69, 9.17) is 0 Å². The standard InChI is InChI=1S/C14H20BrN5O/c1-5-19-7-12(9(2)17-19)6-16-14(21)11(4)20-8-13(15)10(3)18-20/h7-8,11H,5-6H2,1-4H3,(H,16,21)/t11-/m0/s1. The van der Waals surface area contributed by atoms with Gasteiger partial charge in [-0.3, -0.25) is 14.2 Å². The van der Waals surface area contributed by atoms with Crippen LogP contribution >= 0.6 is 15.9 Å². The average Bonchev–Trinajstić information content (AvgIpc) is 2.98. The van der Waals surface area contributed by atoms with Gasteiger partial charge in [0.15, 0.2) is 0 Å². The normalized spacial score (nSPS) is 12.4. The minimum atomic E-state index is -0.350. The third kappa shape index (κ3) is 3.53. The molecule has 1 N–H and O–H groups in total. The molecule has 1 amide bonds. The molecule has 21 heavy (non-hydrogen) atoms. The number of nitrogens with one attached hydrogen (secondary N) is 1. The summed E-state index contributed by atoms with van der Waals surface area (Å²) in [4.78, 5) is 12.2. The second kappa shape index (κ2) is 6.43. The third-order valence-corrected chi connectivity index (χ3v) is 4.24. The van der Waals surface area contributed by atoms with E-state index < -0.39 is 0 Å². The Labute approximate surface area is 132 Å². The van der Waals surface area contributed by atoms with Crippen LogP contribution in [0.25, 0.3) is 0 Å². The summed E-state index contributed by atoms with van der Waals surface area (Å²) >= 11 is 3.40. The Morgan fingerprint density at radius 1 is 1.33 bits per heavy atom. The maximum absolute atomic E-state index is 12.2. The Kier molecular flexibility index (Phi) is 4.82. The van der Waals surface area contributed by atoms with Crippen molar-refractivity contribution in [2.45, 2.75) is 46.8 Å². The van der Waals surface area contributed by atoms with E-state index in [1.807, 2.05) is 44.8 Å². The van der Waals surface area contributed by atoms with Crippen molar-refractivity contribution in [3.63, 3.8) is 0 Å². The first-order valence-electron chi connectivity index (χ1n) is 6.94. The molecule has 0 aromatic carbocycles. The third-order valence-electron chi connectivity index (χ3n) is 3.46. The van der Waals surface area contributed by atoms with Crippen molar-refractivity contribution >= 4 is 21.8 Å². The van der Waals surface area contributed by atoms with Crippen LogP contribution in [0.3, 0.4) is 0 Å². The first-order valence-corrected chi connectivity index (χ1v) is 7.73. The lowest BCUT2D eigenvalue weighted by Crippen LogP contribution is -2.31. The average molecular weight is 354 g/mol. The molecule has 0 unspecified atom stereocenters. The van der Waals surface area contributed by atoms with E-state index >= 15 is 0 Å². The molecule has 0 bridgehead atoms. The van der Waals surface area contributed by atoms with Crippen molar-refractivity contribution in [2.24, 2.45) is 0 Å². The van der Waals surface area contributed by atoms with Crippen LogP contribution in [0.2, 0.25) is 0 Å². The molecular weight excluding hydrogens is 334 g/mol. The molecule has 0 aliphatic rings. The molecule has 2 aromatic heterocycles. The predicted octanol–water partition coefficient (Wildman–Crippen LogP) is 2.36. The van der Waals surface area contributed by atoms with Crippen molar-refractivity contribution in [3.05, 3.63) is 33.8 Å². The van der Waals surface area contributed by atoms with Gasteiger partial charge in [0.05, 0.1) is 15.9 Å². The lowest BCUT2D eigenvalue weighted by Gasteiger charge is -2.12. The number of aryl methyl sites for hydroxylation is 3. The Bertz CT molecular complexity index is 626. The summed E-state index contributed by atoms with van der Waals surface area (Å²) in [6.07, 6.45) is 3.79. The number of aromatic nitrogens is 4. The number of amides is 1. The van der Waals surface area contributed by atoms with Gasteiger partial charge in [-0.05, 0) is 43.6 Å². The molecule has 0 spiro atoms. The summed E-state index contributed by atoms with van der Waals surface area (Å²) in [7, 11) is 0. The predicted molar refractivity (Wildman–Crippen MR) is 83.9 cm³/mol. The number of nitrogens with zero attached hydrogens (tertiary/aromatic N) is 4. The number of hydrogen-bond acceptors (Lipinski definition) is 3. The van der Waals surface area contributed by atoms with Gasteiger partial charge in [-0.1, -0.05) is 0 Å². The van der Waals surface area contributed by atoms with E-state index in [9.17, 15) is 4.79 Å². The van der Waals surface area contributed by atoms with Crippen LogP contribution in [0.4, 0.5) is 0 Å². The topological polar surface area (TPSA) is 64.7 Å². The number of halogens is 1. The highest BCUT2D eigenvalue weighted by atomic mass is 79.9. The van der Waals surface area contributed by atoms with Crippen LogP contribution < -0.4 is 5.32 Å². The van der Waals surface area contributed by atoms with Gasteiger partial charge in [0, 0.05) is 31.0 Å². The van der Waals surface area contributed by atoms with Crippen LogP contribution in [0.1, 0.15) is 36.8 Å². The summed E-state index contributed by atoms with van der Waals surface area (Å²) in [5, 5.41) is 11.6. The molecule has 0 aliphatic carbocycles. The molecule has 0 fully saturated rings. The lowest BCUT2D eigenvalue weighted by atomic mass is 10.2. The molecule has 6 nitrogen and oxygen atoms in total. The van der Waals surface area contributed by atoms with Gasteiger partial charge in [0.25, 0.3) is 0 Å². The minimum absolute atomic E-state index is 0.0614. The van der Waals surface area contributed by atoms with Crippen molar-refractivity contribution in [1.29, 1.82) is 0 Å². The van der Waals surface area contributed by atoms with Crippen molar-refractivity contribution in [3.8, 4) is 0 Å². The molecule has 114 valence electrons. The van der Waals surface area contributed by atoms with Crippen molar-refractivity contribution < 1.29 is 4.79 Å². The van der Waals surface area contributed by atoms with Gasteiger partial charge in [-0.25, -0.2) is 0 Å². The van der Waals surface area contributed by atoms with E-state index in [0.29, 0.717) is 6.54 Å². The quantitative estimate of drug-likeness (QED) is 0.897. The first-order chi connectivity index (χ1) is 9.92. The highest BCUT2D eigenvalue weighted by molar-refractivity contribution is 9.10. The van der Waals surface area contributed by atoms with Crippen LogP contribution in [-0.4, -0.2) is 25.5 Å². The largest absolute Gasteiger partial charge is 0.350 e. The van der Waals surface area contributed by atoms with Crippen LogP contribution in [0, 0.1) is 13.8 Å². The van der Waals surface area contributed by atoms with Crippen LogP contribution in [0.15, 0.2) is 16.9 Å².